The number of nitrogens with one attached hydrogen (secondary N) is 3. The number of halogens is 3. The first kappa shape index (κ1) is 65.7. The largest absolute Gasteiger partial charge is 0.477 e. The number of hydrogen-bond donors (Lipinski definition) is 5. The average molecular weight is 1350 g/mol. The van der Waals surface area contributed by atoms with Gasteiger partial charge in [0.2, 0.25) is 5.28 Å². The van der Waals surface area contributed by atoms with Gasteiger partial charge in [0.05, 0.1) is 43.8 Å². The fourth-order valence-corrected chi connectivity index (χ4v) is 11.4. The van der Waals surface area contributed by atoms with Crippen molar-refractivity contribution in [3.8, 4) is 0 Å². The third-order valence-electron chi connectivity index (χ3n) is 13.7. The van der Waals surface area contributed by atoms with E-state index in [9.17, 15) is 14.4 Å². The molecule has 23 heteroatoms. The molecule has 4 aromatic carbocycles. The SMILES string of the molecule is C1CCC(N2CCOCC2)CC1.CC(=O)c1cc2ccc(Br)cc2[nH]1.CC(C)(C)OC(=O)n1ncc2cc(Nc3ccnc(Cl)n3)ccc21.Cc1nccc(Nc2ccc(C3=CCN=C3)cc2)n1.NC1CCOC1.O=C(O)c1cc2ccc(Br)cc2s1. The summed E-state index contributed by atoms with van der Waals surface area (Å²) in [5, 5.41) is 22.2. The maximum Gasteiger partial charge on any atom is 0.435 e. The summed E-state index contributed by atoms with van der Waals surface area (Å²) in [6.45, 7) is 15.5. The number of nitrogens with two attached hydrogens (primary N) is 1. The molecule has 0 spiro atoms. The second-order valence-electron chi connectivity index (χ2n) is 21.6. The number of fused-ring (bicyclic) bond motifs is 3. The number of anilines is 4. The van der Waals surface area contributed by atoms with Crippen LogP contribution >= 0.6 is 54.8 Å². The number of H-pyrrole nitrogens is 1. The van der Waals surface area contributed by atoms with Crippen LogP contribution < -0.4 is 16.4 Å². The van der Waals surface area contributed by atoms with Gasteiger partial charge in [0, 0.05) is 98.6 Å². The average Bonchev–Trinajstić information content (AvgIpc) is 3.01. The Morgan fingerprint density at radius 2 is 1.48 bits per heavy atom. The number of carboxylic acids is 1. The minimum atomic E-state index is -0.864. The van der Waals surface area contributed by atoms with Gasteiger partial charge >= 0.3 is 12.1 Å². The van der Waals surface area contributed by atoms with Gasteiger partial charge < -0.3 is 40.7 Å². The molecule has 8 heterocycles. The first-order valence-corrected chi connectivity index (χ1v) is 31.3. The topological polar surface area (TPSA) is 250 Å². The van der Waals surface area contributed by atoms with Crippen molar-refractivity contribution in [2.75, 3.05) is 56.7 Å². The first-order valence-electron chi connectivity index (χ1n) is 28.5. The Bertz CT molecular complexity index is 3710. The normalized spacial score (nSPS) is 15.6. The number of aryl methyl sites for hydroxylation is 1. The number of thiophene rings is 1. The molecule has 1 saturated carbocycles. The van der Waals surface area contributed by atoms with E-state index in [-0.39, 0.29) is 11.1 Å². The van der Waals surface area contributed by atoms with E-state index < -0.39 is 17.7 Å². The van der Waals surface area contributed by atoms with Gasteiger partial charge in [-0.1, -0.05) is 81.5 Å². The van der Waals surface area contributed by atoms with E-state index >= 15 is 0 Å². The number of rotatable bonds is 8. The number of carbonyl (C=O) groups excluding carboxylic acids is 2. The summed E-state index contributed by atoms with van der Waals surface area (Å²) in [7, 11) is 0. The second kappa shape index (κ2) is 32.1. The Labute approximate surface area is 531 Å². The number of aromatic amines is 1. The molecule has 4 aliphatic rings. The van der Waals surface area contributed by atoms with Crippen LogP contribution in [-0.4, -0.2) is 133 Å². The number of benzene rings is 4. The van der Waals surface area contributed by atoms with Crippen LogP contribution in [0.1, 0.15) is 97.8 Å². The van der Waals surface area contributed by atoms with Gasteiger partial charge in [0.15, 0.2) is 5.78 Å². The van der Waals surface area contributed by atoms with E-state index in [4.69, 9.17) is 36.7 Å². The number of aromatic nitrogens is 7. The van der Waals surface area contributed by atoms with Crippen LogP contribution in [0.5, 0.6) is 0 Å². The summed E-state index contributed by atoms with van der Waals surface area (Å²) in [6, 6.07) is 33.7. The smallest absolute Gasteiger partial charge is 0.435 e. The summed E-state index contributed by atoms with van der Waals surface area (Å²) < 4.78 is 19.8. The molecular weight excluding hydrogens is 1280 g/mol. The van der Waals surface area contributed by atoms with Crippen LogP contribution in [-0.2, 0) is 14.2 Å². The number of ether oxygens (including phenoxy) is 3. The van der Waals surface area contributed by atoms with E-state index in [2.05, 4.69) is 101 Å². The maximum absolute atomic E-state index is 12.2. The molecule has 3 fully saturated rings. The second-order valence-corrected chi connectivity index (χ2v) is 24.9. The highest BCUT2D eigenvalue weighted by molar-refractivity contribution is 9.10. The van der Waals surface area contributed by atoms with Crippen molar-refractivity contribution >= 4 is 139 Å². The quantitative estimate of drug-likeness (QED) is 0.0701. The van der Waals surface area contributed by atoms with Gasteiger partial charge in [-0.3, -0.25) is 14.7 Å². The Kier molecular flexibility index (Phi) is 24.2. The van der Waals surface area contributed by atoms with Gasteiger partial charge in [0.1, 0.15) is 27.9 Å². The third kappa shape index (κ3) is 20.7. The predicted molar refractivity (Wildman–Crippen MR) is 355 cm³/mol. The van der Waals surface area contributed by atoms with E-state index in [0.717, 1.165) is 104 Å². The molecule has 3 aliphatic heterocycles. The number of aromatic carboxylic acids is 1. The number of Topliss-reactive ketones (excluding diaryl/α,β-unsaturated/α-hetero) is 1. The molecule has 5 aromatic heterocycles. The zero-order valence-electron chi connectivity index (χ0n) is 49.1. The molecule has 1 unspecified atom stereocenters. The van der Waals surface area contributed by atoms with Crippen molar-refractivity contribution < 1.29 is 33.7 Å². The number of allylic oxidation sites excluding steroid dienone is 1. The van der Waals surface area contributed by atoms with Crippen LogP contribution in [0.4, 0.5) is 27.8 Å². The van der Waals surface area contributed by atoms with E-state index in [1.54, 1.807) is 43.7 Å². The maximum atomic E-state index is 12.2. The molecule has 0 amide bonds. The lowest BCUT2D eigenvalue weighted by atomic mass is 9.94. The third-order valence-corrected chi connectivity index (χ3v) is 16.0. The Morgan fingerprint density at radius 1 is 0.793 bits per heavy atom. The van der Waals surface area contributed by atoms with E-state index in [0.29, 0.717) is 27.9 Å². The van der Waals surface area contributed by atoms with Gasteiger partial charge in [0.25, 0.3) is 0 Å². The minimum Gasteiger partial charge on any atom is -0.477 e. The van der Waals surface area contributed by atoms with Crippen LogP contribution in [0.3, 0.4) is 0 Å². The molecule has 2 saturated heterocycles. The standard InChI is InChI=1S/C16H16ClN5O2.C15H14N4.C10H8BrNO.C10H19NO.C9H5BrO2S.C4H9NO/c1-16(2,3)24-15(23)22-12-5-4-11(8-10(12)9-19-22)20-13-6-7-18-14(17)21-13;1-11-17-9-7-15(18-11)19-14-4-2-12(3-5-14)13-6-8-16-10-13;1-6(13)9-4-7-2-3-8(11)5-10(7)12-9;1-2-4-10(5-3-1)11-6-8-12-9-7-11;10-6-2-1-5-3-8(9(11)12)13-7(5)4-6;5-4-1-2-6-3-4/h4-9H,1-3H3,(H,18,20,21);2-7,9-10H,8H2,1H3,(H,17,18,19);2-5,12H,1H3;10H,1-9H2;1-4H,(H,11,12);4H,1-3,5H2. The van der Waals surface area contributed by atoms with Crippen LogP contribution in [0.2, 0.25) is 5.28 Å². The van der Waals surface area contributed by atoms with E-state index in [1.807, 2.05) is 107 Å². The van der Waals surface area contributed by atoms with Gasteiger partial charge in [-0.05, 0) is 154 Å². The van der Waals surface area contributed by atoms with Gasteiger partial charge in [-0.25, -0.2) is 29.5 Å². The molecule has 87 heavy (non-hydrogen) atoms. The fourth-order valence-electron chi connectivity index (χ4n) is 9.42. The number of ketones is 1. The van der Waals surface area contributed by atoms with Crippen LogP contribution in [0.25, 0.3) is 37.5 Å². The minimum absolute atomic E-state index is 0.0623. The lowest BCUT2D eigenvalue weighted by Crippen LogP contribution is -2.44. The Balaban J connectivity index is 0.000000141. The molecule has 456 valence electrons. The molecule has 19 nitrogen and oxygen atoms in total. The number of aliphatic imine (C=N–C) groups is 1. The monoisotopic (exact) mass is 1340 g/mol. The molecule has 1 aliphatic carbocycles. The molecular formula is C64H71Br2ClN12O7S. The highest BCUT2D eigenvalue weighted by atomic mass is 79.9. The number of carbonyl (C=O) groups is 3. The van der Waals surface area contributed by atoms with Crippen molar-refractivity contribution in [3.63, 3.8) is 0 Å². The summed E-state index contributed by atoms with van der Waals surface area (Å²) in [4.78, 5) is 60.4. The van der Waals surface area contributed by atoms with Crippen LogP contribution in [0, 0.1) is 6.92 Å². The Morgan fingerprint density at radius 3 is 2.11 bits per heavy atom. The zero-order valence-corrected chi connectivity index (χ0v) is 53.9. The molecule has 13 rings (SSSR count). The first-order chi connectivity index (χ1) is 41.8. The van der Waals surface area contributed by atoms with Gasteiger partial charge in [-0.2, -0.15) is 9.78 Å². The predicted octanol–water partition coefficient (Wildman–Crippen LogP) is 14.9. The number of hydrogen-bond acceptors (Lipinski definition) is 17. The summed E-state index contributed by atoms with van der Waals surface area (Å²) >= 11 is 13.8. The van der Waals surface area contributed by atoms with Crippen molar-refractivity contribution in [3.05, 3.63) is 164 Å². The van der Waals surface area contributed by atoms with Crippen molar-refractivity contribution in [1.82, 2.24) is 39.6 Å². The lowest BCUT2D eigenvalue weighted by Gasteiger charge is -2.36. The Hall–Kier alpha value is -7.28. The van der Waals surface area contributed by atoms with Crippen LogP contribution in [0.15, 0.2) is 142 Å². The van der Waals surface area contributed by atoms with E-state index in [1.165, 1.54) is 72.3 Å². The fraction of sp³-hybridized carbons (Fsp3) is 0.328. The van der Waals surface area contributed by atoms with Crippen molar-refractivity contribution in [1.29, 1.82) is 0 Å². The zero-order chi connectivity index (χ0) is 61.9. The lowest BCUT2D eigenvalue weighted by molar-refractivity contribution is 0.00858. The molecule has 0 radical (unpaired) electrons. The summed E-state index contributed by atoms with van der Waals surface area (Å²) in [6.07, 6.45) is 16.7. The van der Waals surface area contributed by atoms with Crippen molar-refractivity contribution in [2.24, 2.45) is 10.7 Å². The summed E-state index contributed by atoms with van der Waals surface area (Å²) in [5.74, 6) is 1.34. The molecule has 9 aromatic rings. The number of nitrogens with zero attached hydrogens (tertiary/aromatic N) is 8. The molecule has 6 N–H and O–H groups in total. The van der Waals surface area contributed by atoms with Gasteiger partial charge in [-0.15, -0.1) is 11.3 Å². The molecule has 0 bridgehead atoms. The highest BCUT2D eigenvalue weighted by Gasteiger charge is 2.23. The van der Waals surface area contributed by atoms with Crippen molar-refractivity contribution in [2.45, 2.75) is 90.8 Å². The number of morpholine rings is 1. The summed E-state index contributed by atoms with van der Waals surface area (Å²) in [5.41, 5.74) is 11.3. The highest BCUT2D eigenvalue weighted by Crippen LogP contribution is 2.29. The molecule has 1 atom stereocenters. The number of carboxylic acid groups (broad SMARTS) is 1.